The number of hydrogen-bond donors (Lipinski definition) is 0. The summed E-state index contributed by atoms with van der Waals surface area (Å²) < 4.78 is 10.3. The zero-order valence-electron chi connectivity index (χ0n) is 11.3. The summed E-state index contributed by atoms with van der Waals surface area (Å²) in [6.07, 6.45) is 8.06. The van der Waals surface area contributed by atoms with E-state index in [0.29, 0.717) is 0 Å². The molecule has 1 aliphatic heterocycles. The van der Waals surface area contributed by atoms with E-state index in [4.69, 9.17) is 9.47 Å². The third-order valence-electron chi connectivity index (χ3n) is 3.14. The van der Waals surface area contributed by atoms with Crippen LogP contribution >= 0.6 is 0 Å². The summed E-state index contributed by atoms with van der Waals surface area (Å²) in [4.78, 5) is 22.5. The predicted molar refractivity (Wildman–Crippen MR) is 68.1 cm³/mol. The van der Waals surface area contributed by atoms with Crippen molar-refractivity contribution in [1.82, 2.24) is 0 Å². The summed E-state index contributed by atoms with van der Waals surface area (Å²) in [5.41, 5.74) is 0. The van der Waals surface area contributed by atoms with Crippen molar-refractivity contribution in [1.29, 1.82) is 0 Å². The molecule has 0 bridgehead atoms. The molecule has 1 saturated heterocycles. The molecule has 0 saturated carbocycles. The highest BCUT2D eigenvalue weighted by atomic mass is 16.6. The van der Waals surface area contributed by atoms with Gasteiger partial charge in [-0.25, -0.2) is 0 Å². The van der Waals surface area contributed by atoms with Gasteiger partial charge in [-0.2, -0.15) is 0 Å². The monoisotopic (exact) mass is 256 g/mol. The molecule has 0 aliphatic carbocycles. The van der Waals surface area contributed by atoms with Crippen LogP contribution in [0.5, 0.6) is 0 Å². The Morgan fingerprint density at radius 2 is 1.67 bits per heavy atom. The van der Waals surface area contributed by atoms with Crippen molar-refractivity contribution in [3.63, 3.8) is 0 Å². The molecule has 0 aromatic heterocycles. The fourth-order valence-corrected chi connectivity index (χ4v) is 2.04. The molecule has 0 radical (unpaired) electrons. The Hall–Kier alpha value is -1.06. The average Bonchev–Trinajstić information content (AvgIpc) is 2.35. The largest absolute Gasteiger partial charge is 0.462 e. The van der Waals surface area contributed by atoms with Gasteiger partial charge in [0.2, 0.25) is 0 Å². The van der Waals surface area contributed by atoms with Gasteiger partial charge in [-0.3, -0.25) is 9.59 Å². The van der Waals surface area contributed by atoms with Crippen molar-refractivity contribution in [2.75, 3.05) is 6.61 Å². The first-order valence-corrected chi connectivity index (χ1v) is 7.07. The highest BCUT2D eigenvalue weighted by Gasteiger charge is 2.20. The summed E-state index contributed by atoms with van der Waals surface area (Å²) >= 11 is 0. The minimum atomic E-state index is -0.292. The van der Waals surface area contributed by atoms with Gasteiger partial charge in [-0.15, -0.1) is 0 Å². The topological polar surface area (TPSA) is 52.6 Å². The van der Waals surface area contributed by atoms with Crippen LogP contribution in [0.15, 0.2) is 0 Å². The Morgan fingerprint density at radius 1 is 1.00 bits per heavy atom. The van der Waals surface area contributed by atoms with Gasteiger partial charge in [-0.05, 0) is 12.8 Å². The van der Waals surface area contributed by atoms with Gasteiger partial charge in [0.1, 0.15) is 12.7 Å². The molecule has 0 aromatic carbocycles. The van der Waals surface area contributed by atoms with Gasteiger partial charge in [0.25, 0.3) is 0 Å². The van der Waals surface area contributed by atoms with Gasteiger partial charge in [-0.1, -0.05) is 39.0 Å². The van der Waals surface area contributed by atoms with E-state index in [2.05, 4.69) is 6.92 Å². The van der Waals surface area contributed by atoms with E-state index in [1.807, 2.05) is 0 Å². The molecular weight excluding hydrogens is 232 g/mol. The number of rotatable bonds is 7. The second-order valence-electron chi connectivity index (χ2n) is 4.85. The van der Waals surface area contributed by atoms with Gasteiger partial charge in [0, 0.05) is 0 Å². The number of cyclic esters (lactones) is 2. The molecular formula is C14H24O4. The molecule has 18 heavy (non-hydrogen) atoms. The second kappa shape index (κ2) is 8.95. The molecule has 0 spiro atoms. The Balaban J connectivity index is 2.14. The molecule has 1 fully saturated rings. The quantitative estimate of drug-likeness (QED) is 0.519. The van der Waals surface area contributed by atoms with Crippen LogP contribution in [0.2, 0.25) is 0 Å². The Labute approximate surface area is 109 Å². The minimum Gasteiger partial charge on any atom is -0.462 e. The molecule has 1 unspecified atom stereocenters. The van der Waals surface area contributed by atoms with E-state index in [1.54, 1.807) is 0 Å². The SMILES string of the molecule is CCCCCCCCC1COC(=O)CCC(=O)O1. The summed E-state index contributed by atoms with van der Waals surface area (Å²) in [6, 6.07) is 0. The van der Waals surface area contributed by atoms with Gasteiger partial charge < -0.3 is 9.47 Å². The lowest BCUT2D eigenvalue weighted by molar-refractivity contribution is -0.165. The number of ether oxygens (including phenoxy) is 2. The smallest absolute Gasteiger partial charge is 0.306 e. The first-order valence-electron chi connectivity index (χ1n) is 7.07. The number of hydrogen-bond acceptors (Lipinski definition) is 4. The maximum Gasteiger partial charge on any atom is 0.306 e. The third-order valence-corrected chi connectivity index (χ3v) is 3.14. The predicted octanol–water partition coefficient (Wildman–Crippen LogP) is 2.99. The molecule has 1 heterocycles. The van der Waals surface area contributed by atoms with Crippen molar-refractivity contribution in [2.45, 2.75) is 70.8 Å². The Kier molecular flexibility index (Phi) is 7.46. The highest BCUT2D eigenvalue weighted by molar-refractivity contribution is 5.78. The van der Waals surface area contributed by atoms with Gasteiger partial charge in [0.15, 0.2) is 0 Å². The van der Waals surface area contributed by atoms with E-state index in [-0.39, 0.29) is 37.5 Å². The lowest BCUT2D eigenvalue weighted by Gasteiger charge is -2.20. The van der Waals surface area contributed by atoms with Gasteiger partial charge in [0.05, 0.1) is 12.8 Å². The first kappa shape index (κ1) is 15.0. The molecule has 4 nitrogen and oxygen atoms in total. The van der Waals surface area contributed by atoms with Crippen molar-refractivity contribution in [3.8, 4) is 0 Å². The fraction of sp³-hybridized carbons (Fsp3) is 0.857. The van der Waals surface area contributed by atoms with Crippen LogP contribution in [0.1, 0.15) is 64.7 Å². The number of esters is 2. The van der Waals surface area contributed by atoms with Gasteiger partial charge >= 0.3 is 11.9 Å². The first-order chi connectivity index (χ1) is 8.72. The van der Waals surface area contributed by atoms with Crippen LogP contribution in [-0.4, -0.2) is 24.6 Å². The Bertz CT molecular complexity index is 263. The van der Waals surface area contributed by atoms with E-state index in [0.717, 1.165) is 19.3 Å². The zero-order chi connectivity index (χ0) is 13.2. The van der Waals surface area contributed by atoms with E-state index >= 15 is 0 Å². The molecule has 4 heteroatoms. The maximum atomic E-state index is 11.3. The molecule has 104 valence electrons. The molecule has 1 aliphatic rings. The normalized spacial score (nSPS) is 20.8. The molecule has 0 N–H and O–H groups in total. The summed E-state index contributed by atoms with van der Waals surface area (Å²) in [5, 5.41) is 0. The maximum absolute atomic E-state index is 11.3. The Morgan fingerprint density at radius 3 is 2.44 bits per heavy atom. The van der Waals surface area contributed by atoms with Crippen LogP contribution in [-0.2, 0) is 19.1 Å². The van der Waals surface area contributed by atoms with Crippen molar-refractivity contribution in [3.05, 3.63) is 0 Å². The molecule has 1 atom stereocenters. The van der Waals surface area contributed by atoms with E-state index < -0.39 is 0 Å². The number of unbranched alkanes of at least 4 members (excludes halogenated alkanes) is 5. The van der Waals surface area contributed by atoms with Crippen LogP contribution < -0.4 is 0 Å². The van der Waals surface area contributed by atoms with Crippen molar-refractivity contribution < 1.29 is 19.1 Å². The molecule has 1 rings (SSSR count). The zero-order valence-corrected chi connectivity index (χ0v) is 11.3. The highest BCUT2D eigenvalue weighted by Crippen LogP contribution is 2.14. The van der Waals surface area contributed by atoms with Crippen molar-refractivity contribution in [2.24, 2.45) is 0 Å². The molecule has 0 aromatic rings. The number of carbonyl (C=O) groups is 2. The third kappa shape index (κ3) is 6.62. The second-order valence-corrected chi connectivity index (χ2v) is 4.85. The van der Waals surface area contributed by atoms with E-state index in [9.17, 15) is 9.59 Å². The summed E-state index contributed by atoms with van der Waals surface area (Å²) in [7, 11) is 0. The minimum absolute atomic E-state index is 0.141. The van der Waals surface area contributed by atoms with E-state index in [1.165, 1.54) is 25.7 Å². The summed E-state index contributed by atoms with van der Waals surface area (Å²) in [5.74, 6) is -0.567. The average molecular weight is 256 g/mol. The lowest BCUT2D eigenvalue weighted by Crippen LogP contribution is -2.28. The standard InChI is InChI=1S/C14H24O4/c1-2-3-4-5-6-7-8-12-11-17-13(15)9-10-14(16)18-12/h12H,2-11H2,1H3. The molecule has 0 amide bonds. The van der Waals surface area contributed by atoms with Crippen LogP contribution in [0.25, 0.3) is 0 Å². The lowest BCUT2D eigenvalue weighted by atomic mass is 10.1. The van der Waals surface area contributed by atoms with Crippen LogP contribution in [0, 0.1) is 0 Å². The summed E-state index contributed by atoms with van der Waals surface area (Å²) in [6.45, 7) is 2.42. The van der Waals surface area contributed by atoms with Crippen LogP contribution in [0.3, 0.4) is 0 Å². The van der Waals surface area contributed by atoms with Crippen LogP contribution in [0.4, 0.5) is 0 Å². The fourth-order valence-electron chi connectivity index (χ4n) is 2.04. The van der Waals surface area contributed by atoms with Crippen molar-refractivity contribution >= 4 is 11.9 Å². The number of carbonyl (C=O) groups excluding carboxylic acids is 2.